The Morgan fingerprint density at radius 1 is 0.951 bits per heavy atom. The number of nitrogens with one attached hydrogen (secondary N) is 2. The maximum Gasteiger partial charge on any atom is 0.271 e. The molecule has 0 spiro atoms. The smallest absolute Gasteiger partial charge is 0.271 e. The molecule has 11 heteroatoms. The number of nitrogens with two attached hydrogens (primary N) is 1. The Morgan fingerprint density at radius 3 is 2.34 bits per heavy atom. The van der Waals surface area contributed by atoms with Crippen molar-refractivity contribution < 1.29 is 9.53 Å². The Labute approximate surface area is 245 Å². The van der Waals surface area contributed by atoms with Gasteiger partial charge in [0, 0.05) is 86.9 Å². The molecule has 3 saturated heterocycles. The molecule has 3 aromatic rings. The number of piperidine rings is 1. The number of hydrogen-bond donors (Lipinski definition) is 3. The first-order valence-corrected chi connectivity index (χ1v) is 15.6. The van der Waals surface area contributed by atoms with Crippen LogP contribution in [0.15, 0.2) is 41.1 Å². The zero-order valence-electron chi connectivity index (χ0n) is 23.7. The van der Waals surface area contributed by atoms with E-state index in [1.165, 1.54) is 44.7 Å². The zero-order chi connectivity index (χ0) is 28.2. The fourth-order valence-corrected chi connectivity index (χ4v) is 6.64. The molecule has 0 aliphatic carbocycles. The van der Waals surface area contributed by atoms with Crippen LogP contribution in [0.4, 0.5) is 23.0 Å². The Morgan fingerprint density at radius 2 is 1.68 bits per heavy atom. The summed E-state index contributed by atoms with van der Waals surface area (Å²) in [5.74, 6) is 0.378. The molecule has 6 rings (SSSR count). The SMILES string of the molecule is CN1CCN(C2CCN(c3ccc(Nc4nc(NC5CCOCC5)c(-c5ccsc5)nc4C(N)=O)cc3)CC2)CC1. The van der Waals surface area contributed by atoms with Gasteiger partial charge in [0.05, 0.1) is 0 Å². The molecule has 0 saturated carbocycles. The number of carbonyl (C=O) groups excluding carboxylic acids is 1. The summed E-state index contributed by atoms with van der Waals surface area (Å²) in [7, 11) is 2.21. The number of benzene rings is 1. The van der Waals surface area contributed by atoms with E-state index in [2.05, 4.69) is 44.5 Å². The highest BCUT2D eigenvalue weighted by atomic mass is 32.1. The number of nitrogens with zero attached hydrogens (tertiary/aromatic N) is 5. The molecule has 1 amide bonds. The minimum Gasteiger partial charge on any atom is -0.381 e. The molecule has 218 valence electrons. The molecule has 2 aromatic heterocycles. The summed E-state index contributed by atoms with van der Waals surface area (Å²) in [5, 5.41) is 10.9. The van der Waals surface area contributed by atoms with Crippen molar-refractivity contribution in [3.8, 4) is 11.3 Å². The summed E-state index contributed by atoms with van der Waals surface area (Å²) >= 11 is 1.58. The number of hydrogen-bond acceptors (Lipinski definition) is 10. The van der Waals surface area contributed by atoms with Gasteiger partial charge in [0.2, 0.25) is 0 Å². The highest BCUT2D eigenvalue weighted by molar-refractivity contribution is 7.08. The van der Waals surface area contributed by atoms with E-state index in [9.17, 15) is 4.79 Å². The number of anilines is 4. The van der Waals surface area contributed by atoms with Gasteiger partial charge in [-0.2, -0.15) is 11.3 Å². The van der Waals surface area contributed by atoms with E-state index in [1.807, 2.05) is 29.0 Å². The van der Waals surface area contributed by atoms with E-state index in [4.69, 9.17) is 20.4 Å². The van der Waals surface area contributed by atoms with E-state index in [-0.39, 0.29) is 11.7 Å². The molecular formula is C30H40N8O2S. The van der Waals surface area contributed by atoms with Crippen LogP contribution < -0.4 is 21.3 Å². The first-order chi connectivity index (χ1) is 20.0. The summed E-state index contributed by atoms with van der Waals surface area (Å²) in [5.41, 5.74) is 9.50. The van der Waals surface area contributed by atoms with Gasteiger partial charge in [-0.05, 0) is 68.4 Å². The quantitative estimate of drug-likeness (QED) is 0.368. The van der Waals surface area contributed by atoms with E-state index < -0.39 is 5.91 Å². The molecule has 0 atom stereocenters. The van der Waals surface area contributed by atoms with Crippen molar-refractivity contribution in [2.75, 3.05) is 75.1 Å². The Hall–Kier alpha value is -3.25. The first-order valence-electron chi connectivity index (χ1n) is 14.7. The summed E-state index contributed by atoms with van der Waals surface area (Å²) in [6.07, 6.45) is 4.17. The van der Waals surface area contributed by atoms with Crippen LogP contribution in [-0.2, 0) is 4.74 Å². The highest BCUT2D eigenvalue weighted by Crippen LogP contribution is 2.32. The minimum absolute atomic E-state index is 0.124. The second-order valence-corrected chi connectivity index (χ2v) is 12.0. The summed E-state index contributed by atoms with van der Waals surface area (Å²) < 4.78 is 5.53. The molecular weight excluding hydrogens is 536 g/mol. The van der Waals surface area contributed by atoms with Crippen molar-refractivity contribution in [3.05, 3.63) is 46.8 Å². The van der Waals surface area contributed by atoms with Gasteiger partial charge in [0.1, 0.15) is 5.69 Å². The number of amides is 1. The van der Waals surface area contributed by atoms with Crippen molar-refractivity contribution >= 4 is 40.3 Å². The molecule has 3 aliphatic heterocycles. The number of ether oxygens (including phenoxy) is 1. The van der Waals surface area contributed by atoms with E-state index in [1.54, 1.807) is 11.3 Å². The molecule has 3 aliphatic rings. The number of piperazine rings is 1. The fourth-order valence-electron chi connectivity index (χ4n) is 6.00. The number of carbonyl (C=O) groups is 1. The lowest BCUT2D eigenvalue weighted by Gasteiger charge is -2.42. The van der Waals surface area contributed by atoms with Gasteiger partial charge in [-0.1, -0.05) is 0 Å². The van der Waals surface area contributed by atoms with Crippen LogP contribution in [0.1, 0.15) is 36.2 Å². The molecule has 5 heterocycles. The standard InChI is InChI=1S/C30H40N8O2S/c1-36-13-15-38(16-14-36)25-6-11-37(12-7-25)24-4-2-22(3-5-24)32-30-27(28(31)39)34-26(21-10-19-41-20-21)29(35-30)33-23-8-17-40-18-9-23/h2-5,10,19-20,23,25H,6-9,11-18H2,1H3,(H2,31,39)(H2,32,33,35). The number of likely N-dealkylation sites (N-methyl/N-ethyl adjacent to an activating group) is 1. The third kappa shape index (κ3) is 6.64. The van der Waals surface area contributed by atoms with Crippen LogP contribution in [0.3, 0.4) is 0 Å². The molecule has 0 radical (unpaired) electrons. The van der Waals surface area contributed by atoms with Gasteiger partial charge >= 0.3 is 0 Å². The number of primary amides is 1. The van der Waals surface area contributed by atoms with Gasteiger partial charge < -0.3 is 30.9 Å². The average Bonchev–Trinajstić information content (AvgIpc) is 3.54. The summed E-state index contributed by atoms with van der Waals surface area (Å²) in [6.45, 7) is 8.24. The van der Waals surface area contributed by atoms with Crippen LogP contribution in [0, 0.1) is 0 Å². The molecule has 4 N–H and O–H groups in total. The highest BCUT2D eigenvalue weighted by Gasteiger charge is 2.27. The van der Waals surface area contributed by atoms with Crippen molar-refractivity contribution in [1.82, 2.24) is 19.8 Å². The maximum absolute atomic E-state index is 12.5. The van der Waals surface area contributed by atoms with Crippen LogP contribution in [0.2, 0.25) is 0 Å². The van der Waals surface area contributed by atoms with Gasteiger partial charge in [0.25, 0.3) is 5.91 Å². The van der Waals surface area contributed by atoms with E-state index in [0.717, 1.165) is 37.2 Å². The zero-order valence-corrected chi connectivity index (χ0v) is 24.5. The first kappa shape index (κ1) is 27.9. The molecule has 1 aromatic carbocycles. The second kappa shape index (κ2) is 12.7. The molecule has 41 heavy (non-hydrogen) atoms. The third-order valence-electron chi connectivity index (χ3n) is 8.50. The maximum atomic E-state index is 12.5. The van der Waals surface area contributed by atoms with Crippen molar-refractivity contribution in [1.29, 1.82) is 0 Å². The minimum atomic E-state index is -0.617. The Bertz CT molecular complexity index is 1300. The van der Waals surface area contributed by atoms with Crippen LogP contribution in [0.5, 0.6) is 0 Å². The molecule has 0 bridgehead atoms. The third-order valence-corrected chi connectivity index (χ3v) is 9.18. The number of rotatable bonds is 8. The predicted octanol–water partition coefficient (Wildman–Crippen LogP) is 3.85. The predicted molar refractivity (Wildman–Crippen MR) is 165 cm³/mol. The van der Waals surface area contributed by atoms with Crippen LogP contribution in [0.25, 0.3) is 11.3 Å². The molecule has 3 fully saturated rings. The van der Waals surface area contributed by atoms with E-state index in [0.29, 0.717) is 36.6 Å². The van der Waals surface area contributed by atoms with E-state index >= 15 is 0 Å². The Balaban J connectivity index is 1.17. The van der Waals surface area contributed by atoms with Crippen molar-refractivity contribution in [3.63, 3.8) is 0 Å². The largest absolute Gasteiger partial charge is 0.381 e. The Kier molecular flexibility index (Phi) is 8.66. The monoisotopic (exact) mass is 576 g/mol. The fraction of sp³-hybridized carbons (Fsp3) is 0.500. The summed E-state index contributed by atoms with van der Waals surface area (Å²) in [4.78, 5) is 29.6. The molecule has 10 nitrogen and oxygen atoms in total. The number of thiophene rings is 1. The van der Waals surface area contributed by atoms with Crippen LogP contribution >= 0.6 is 11.3 Å². The number of aromatic nitrogens is 2. The average molecular weight is 577 g/mol. The molecule has 0 unspecified atom stereocenters. The van der Waals surface area contributed by atoms with Gasteiger partial charge in [-0.15, -0.1) is 0 Å². The van der Waals surface area contributed by atoms with Crippen LogP contribution in [-0.4, -0.2) is 97.3 Å². The topological polar surface area (TPSA) is 112 Å². The normalized spacial score (nSPS) is 19.8. The van der Waals surface area contributed by atoms with Crippen molar-refractivity contribution in [2.24, 2.45) is 5.73 Å². The van der Waals surface area contributed by atoms with Gasteiger partial charge in [-0.3, -0.25) is 9.69 Å². The lowest BCUT2D eigenvalue weighted by Crippen LogP contribution is -2.52. The lowest BCUT2D eigenvalue weighted by atomic mass is 10.0. The lowest BCUT2D eigenvalue weighted by molar-refractivity contribution is 0.0904. The van der Waals surface area contributed by atoms with Gasteiger partial charge in [0.15, 0.2) is 17.3 Å². The van der Waals surface area contributed by atoms with Gasteiger partial charge in [-0.25, -0.2) is 9.97 Å². The second-order valence-electron chi connectivity index (χ2n) is 11.3. The van der Waals surface area contributed by atoms with Crippen molar-refractivity contribution in [2.45, 2.75) is 37.8 Å². The summed E-state index contributed by atoms with van der Waals surface area (Å²) in [6, 6.07) is 11.2.